The average Bonchev–Trinajstić information content (AvgIpc) is 3.02. The van der Waals surface area contributed by atoms with Crippen molar-refractivity contribution in [2.45, 2.75) is 25.3 Å². The quantitative estimate of drug-likeness (QED) is 0.520. The molecular formula is C12H18N4O3. The molecule has 0 aromatic rings. The minimum absolute atomic E-state index is 0.0725. The standard InChI is InChI=1S/C12H18N4O3/c1-11(2-4-13-6-11)9(18)16-5-3-12(7-16)8(17)14-10(19)15-12/h13H,2-7H2,1H3,(H2,14,15,17,19). The van der Waals surface area contributed by atoms with Crippen molar-refractivity contribution in [1.29, 1.82) is 0 Å². The van der Waals surface area contributed by atoms with Crippen LogP contribution in [0.15, 0.2) is 0 Å². The van der Waals surface area contributed by atoms with E-state index in [0.717, 1.165) is 13.0 Å². The van der Waals surface area contributed by atoms with Gasteiger partial charge in [0.05, 0.1) is 12.0 Å². The van der Waals surface area contributed by atoms with Crippen LogP contribution < -0.4 is 16.0 Å². The second-order valence-electron chi connectivity index (χ2n) is 5.95. The van der Waals surface area contributed by atoms with Crippen molar-refractivity contribution in [1.82, 2.24) is 20.9 Å². The van der Waals surface area contributed by atoms with E-state index in [0.29, 0.717) is 19.5 Å². The van der Waals surface area contributed by atoms with Gasteiger partial charge in [0.2, 0.25) is 5.91 Å². The molecule has 0 bridgehead atoms. The fraction of sp³-hybridized carbons (Fsp3) is 0.750. The molecule has 19 heavy (non-hydrogen) atoms. The van der Waals surface area contributed by atoms with E-state index >= 15 is 0 Å². The second-order valence-corrected chi connectivity index (χ2v) is 5.95. The molecule has 1 spiro atoms. The third-order valence-electron chi connectivity index (χ3n) is 4.46. The molecule has 0 aromatic carbocycles. The van der Waals surface area contributed by atoms with Gasteiger partial charge in [-0.1, -0.05) is 0 Å². The first kappa shape index (κ1) is 12.4. The predicted molar refractivity (Wildman–Crippen MR) is 66.2 cm³/mol. The third-order valence-corrected chi connectivity index (χ3v) is 4.46. The zero-order chi connectivity index (χ0) is 13.7. The molecule has 3 rings (SSSR count). The number of imide groups is 1. The van der Waals surface area contributed by atoms with E-state index in [9.17, 15) is 14.4 Å². The van der Waals surface area contributed by atoms with Crippen molar-refractivity contribution < 1.29 is 14.4 Å². The number of carbonyl (C=O) groups is 3. The van der Waals surface area contributed by atoms with Crippen molar-refractivity contribution in [2.24, 2.45) is 5.41 Å². The smallest absolute Gasteiger partial charge is 0.322 e. The molecule has 3 aliphatic heterocycles. The van der Waals surface area contributed by atoms with Crippen LogP contribution in [0.3, 0.4) is 0 Å². The Morgan fingerprint density at radius 1 is 1.32 bits per heavy atom. The molecule has 2 atom stereocenters. The van der Waals surface area contributed by atoms with E-state index < -0.39 is 11.6 Å². The summed E-state index contributed by atoms with van der Waals surface area (Å²) < 4.78 is 0. The van der Waals surface area contributed by atoms with Gasteiger partial charge >= 0.3 is 6.03 Å². The molecule has 104 valence electrons. The Bertz CT molecular complexity index is 458. The molecule has 3 heterocycles. The minimum Gasteiger partial charge on any atom is -0.339 e. The lowest BCUT2D eigenvalue weighted by Gasteiger charge is -2.29. The molecule has 2 unspecified atom stereocenters. The van der Waals surface area contributed by atoms with Gasteiger partial charge in [0.15, 0.2) is 0 Å². The number of likely N-dealkylation sites (tertiary alicyclic amines) is 1. The highest BCUT2D eigenvalue weighted by atomic mass is 16.2. The number of nitrogens with one attached hydrogen (secondary N) is 3. The van der Waals surface area contributed by atoms with E-state index in [2.05, 4.69) is 16.0 Å². The maximum absolute atomic E-state index is 12.5. The normalized spacial score (nSPS) is 37.8. The second kappa shape index (κ2) is 3.93. The van der Waals surface area contributed by atoms with Gasteiger partial charge in [0.25, 0.3) is 5.91 Å². The lowest BCUT2D eigenvalue weighted by Crippen LogP contribution is -2.51. The molecular weight excluding hydrogens is 248 g/mol. The largest absolute Gasteiger partial charge is 0.339 e. The molecule has 4 amide bonds. The number of rotatable bonds is 1. The van der Waals surface area contributed by atoms with Crippen LogP contribution in [-0.4, -0.2) is 54.5 Å². The molecule has 0 aromatic heterocycles. The molecule has 0 aliphatic carbocycles. The zero-order valence-electron chi connectivity index (χ0n) is 10.9. The van der Waals surface area contributed by atoms with Crippen LogP contribution in [0.2, 0.25) is 0 Å². The molecule has 3 N–H and O–H groups in total. The molecule has 7 heteroatoms. The number of urea groups is 1. The van der Waals surface area contributed by atoms with Crippen LogP contribution in [-0.2, 0) is 9.59 Å². The summed E-state index contributed by atoms with van der Waals surface area (Å²) in [5.41, 5.74) is -1.29. The van der Waals surface area contributed by atoms with Crippen molar-refractivity contribution in [3.8, 4) is 0 Å². The van der Waals surface area contributed by atoms with Crippen molar-refractivity contribution in [3.05, 3.63) is 0 Å². The minimum atomic E-state index is -0.908. The summed E-state index contributed by atoms with van der Waals surface area (Å²) in [5.74, 6) is -0.245. The van der Waals surface area contributed by atoms with Crippen LogP contribution in [0.25, 0.3) is 0 Å². The van der Waals surface area contributed by atoms with Gasteiger partial charge in [-0.3, -0.25) is 14.9 Å². The summed E-state index contributed by atoms with van der Waals surface area (Å²) >= 11 is 0. The number of hydrogen-bond acceptors (Lipinski definition) is 4. The van der Waals surface area contributed by atoms with Gasteiger partial charge in [-0.25, -0.2) is 4.79 Å². The summed E-state index contributed by atoms with van der Waals surface area (Å²) in [4.78, 5) is 37.3. The van der Waals surface area contributed by atoms with Crippen molar-refractivity contribution in [3.63, 3.8) is 0 Å². The lowest BCUT2D eigenvalue weighted by atomic mass is 9.88. The average molecular weight is 266 g/mol. The molecule has 3 fully saturated rings. The highest BCUT2D eigenvalue weighted by molar-refractivity contribution is 6.07. The number of nitrogens with zero attached hydrogens (tertiary/aromatic N) is 1. The van der Waals surface area contributed by atoms with Crippen molar-refractivity contribution in [2.75, 3.05) is 26.2 Å². The van der Waals surface area contributed by atoms with E-state index in [-0.39, 0.29) is 23.8 Å². The van der Waals surface area contributed by atoms with Crippen LogP contribution in [0.4, 0.5) is 4.79 Å². The summed E-state index contributed by atoms with van der Waals surface area (Å²) in [6.45, 7) is 4.26. The van der Waals surface area contributed by atoms with E-state index in [1.54, 1.807) is 4.90 Å². The highest BCUT2D eigenvalue weighted by Crippen LogP contribution is 2.32. The Morgan fingerprint density at radius 3 is 2.68 bits per heavy atom. The van der Waals surface area contributed by atoms with Gasteiger partial charge in [0, 0.05) is 13.1 Å². The first-order chi connectivity index (χ1) is 8.95. The maximum atomic E-state index is 12.5. The SMILES string of the molecule is CC1(C(=O)N2CCC3(C2)NC(=O)NC3=O)CCNC1. The van der Waals surface area contributed by atoms with Crippen LogP contribution in [0.1, 0.15) is 19.8 Å². The van der Waals surface area contributed by atoms with Gasteiger partial charge in [0.1, 0.15) is 5.54 Å². The first-order valence-corrected chi connectivity index (χ1v) is 6.59. The number of carbonyl (C=O) groups excluding carboxylic acids is 3. The molecule has 7 nitrogen and oxygen atoms in total. The maximum Gasteiger partial charge on any atom is 0.322 e. The molecule has 3 saturated heterocycles. The molecule has 3 aliphatic rings. The summed E-state index contributed by atoms with van der Waals surface area (Å²) in [6, 6.07) is -0.465. The fourth-order valence-electron chi connectivity index (χ4n) is 3.18. The number of amides is 4. The summed E-state index contributed by atoms with van der Waals surface area (Å²) in [6.07, 6.45) is 1.30. The Balaban J connectivity index is 1.74. The lowest BCUT2D eigenvalue weighted by molar-refractivity contribution is -0.139. The van der Waals surface area contributed by atoms with Crippen LogP contribution in [0.5, 0.6) is 0 Å². The summed E-state index contributed by atoms with van der Waals surface area (Å²) in [5, 5.41) is 8.10. The topological polar surface area (TPSA) is 90.5 Å². The van der Waals surface area contributed by atoms with E-state index in [1.807, 2.05) is 6.92 Å². The Kier molecular flexibility index (Phi) is 2.57. The Hall–Kier alpha value is -1.63. The van der Waals surface area contributed by atoms with Gasteiger partial charge in [-0.05, 0) is 26.3 Å². The third kappa shape index (κ3) is 1.80. The van der Waals surface area contributed by atoms with Crippen molar-refractivity contribution >= 4 is 17.8 Å². The zero-order valence-corrected chi connectivity index (χ0v) is 10.9. The Labute approximate surface area is 111 Å². The predicted octanol–water partition coefficient (Wildman–Crippen LogP) is -1.20. The van der Waals surface area contributed by atoms with Gasteiger partial charge in [-0.2, -0.15) is 0 Å². The Morgan fingerprint density at radius 2 is 2.11 bits per heavy atom. The first-order valence-electron chi connectivity index (χ1n) is 6.59. The number of hydrogen-bond donors (Lipinski definition) is 3. The summed E-state index contributed by atoms with van der Waals surface area (Å²) in [7, 11) is 0. The van der Waals surface area contributed by atoms with E-state index in [1.165, 1.54) is 0 Å². The van der Waals surface area contributed by atoms with Gasteiger partial charge < -0.3 is 15.5 Å². The van der Waals surface area contributed by atoms with Crippen LogP contribution in [0, 0.1) is 5.41 Å². The van der Waals surface area contributed by atoms with Crippen LogP contribution >= 0.6 is 0 Å². The molecule has 0 radical (unpaired) electrons. The monoisotopic (exact) mass is 266 g/mol. The molecule has 0 saturated carbocycles. The fourth-order valence-corrected chi connectivity index (χ4v) is 3.18. The van der Waals surface area contributed by atoms with Gasteiger partial charge in [-0.15, -0.1) is 0 Å². The highest BCUT2D eigenvalue weighted by Gasteiger charge is 2.53. The van der Waals surface area contributed by atoms with E-state index in [4.69, 9.17) is 0 Å².